The van der Waals surface area contributed by atoms with Crippen LogP contribution in [0.15, 0.2) is 42.5 Å². The van der Waals surface area contributed by atoms with Gasteiger partial charge in [0.15, 0.2) is 0 Å². The van der Waals surface area contributed by atoms with E-state index in [1.807, 2.05) is 13.8 Å². The fourth-order valence-corrected chi connectivity index (χ4v) is 5.14. The molecule has 0 aromatic heterocycles. The first-order valence-electron chi connectivity index (χ1n) is 11.7. The Morgan fingerprint density at radius 2 is 1.67 bits per heavy atom. The molecule has 1 N–H and O–H groups in total. The van der Waals surface area contributed by atoms with Crippen molar-refractivity contribution in [1.29, 1.82) is 0 Å². The Bertz CT molecular complexity index is 1140. The minimum absolute atomic E-state index is 0.0541. The third kappa shape index (κ3) is 8.83. The van der Waals surface area contributed by atoms with Crippen LogP contribution >= 0.6 is 34.8 Å². The van der Waals surface area contributed by atoms with E-state index in [2.05, 4.69) is 5.32 Å². The molecule has 0 spiro atoms. The minimum Gasteiger partial charge on any atom is -0.354 e. The van der Waals surface area contributed by atoms with Gasteiger partial charge in [-0.25, -0.2) is 8.42 Å². The van der Waals surface area contributed by atoms with Crippen LogP contribution in [0, 0.1) is 0 Å². The van der Waals surface area contributed by atoms with Crippen molar-refractivity contribution in [3.63, 3.8) is 0 Å². The van der Waals surface area contributed by atoms with E-state index in [0.29, 0.717) is 33.7 Å². The average molecular weight is 577 g/mol. The maximum Gasteiger partial charge on any atom is 0.242 e. The summed E-state index contributed by atoms with van der Waals surface area (Å²) in [7, 11) is -3.58. The third-order valence-electron chi connectivity index (χ3n) is 5.54. The van der Waals surface area contributed by atoms with Crippen LogP contribution < -0.4 is 9.62 Å². The molecule has 0 aliphatic heterocycles. The van der Waals surface area contributed by atoms with Crippen LogP contribution in [0.3, 0.4) is 0 Å². The van der Waals surface area contributed by atoms with Crippen molar-refractivity contribution in [2.24, 2.45) is 0 Å². The predicted molar refractivity (Wildman–Crippen MR) is 147 cm³/mol. The van der Waals surface area contributed by atoms with Gasteiger partial charge in [0.2, 0.25) is 21.8 Å². The maximum atomic E-state index is 13.4. The van der Waals surface area contributed by atoms with Crippen LogP contribution in [0.5, 0.6) is 0 Å². The number of amides is 2. The Morgan fingerprint density at radius 3 is 2.22 bits per heavy atom. The van der Waals surface area contributed by atoms with Crippen molar-refractivity contribution in [2.45, 2.75) is 52.1 Å². The molecule has 2 aromatic rings. The van der Waals surface area contributed by atoms with Gasteiger partial charge in [0.25, 0.3) is 0 Å². The first-order valence-corrected chi connectivity index (χ1v) is 14.7. The van der Waals surface area contributed by atoms with Gasteiger partial charge in [0, 0.05) is 31.1 Å². The Balaban J connectivity index is 2.22. The molecule has 11 heteroatoms. The van der Waals surface area contributed by atoms with Crippen molar-refractivity contribution in [3.05, 3.63) is 63.1 Å². The molecule has 0 heterocycles. The second-order valence-corrected chi connectivity index (χ2v) is 11.6. The zero-order valence-corrected chi connectivity index (χ0v) is 23.7. The van der Waals surface area contributed by atoms with Crippen LogP contribution in [0.25, 0.3) is 0 Å². The summed E-state index contributed by atoms with van der Waals surface area (Å²) in [6.45, 7) is 4.58. The molecule has 0 fully saturated rings. The fourth-order valence-electron chi connectivity index (χ4n) is 3.73. The van der Waals surface area contributed by atoms with Gasteiger partial charge in [-0.1, -0.05) is 54.7 Å². The molecule has 2 aromatic carbocycles. The number of nitrogens with zero attached hydrogens (tertiary/aromatic N) is 2. The zero-order chi connectivity index (χ0) is 26.9. The van der Waals surface area contributed by atoms with Gasteiger partial charge < -0.3 is 10.2 Å². The lowest BCUT2D eigenvalue weighted by molar-refractivity contribution is -0.141. The Hall–Kier alpha value is -2.00. The van der Waals surface area contributed by atoms with E-state index >= 15 is 0 Å². The second-order valence-electron chi connectivity index (χ2n) is 8.40. The largest absolute Gasteiger partial charge is 0.354 e. The SMILES string of the molecule is CCCNC(=O)[C@H](CC)N(Cc1ccc(Cl)c(Cl)c1)C(=O)CCCN(c1ccc(Cl)cc1)S(C)(=O)=O. The fraction of sp³-hybridized carbons (Fsp3) is 0.440. The predicted octanol–water partition coefficient (Wildman–Crippen LogP) is 5.53. The van der Waals surface area contributed by atoms with E-state index in [1.54, 1.807) is 42.5 Å². The number of hydrogen-bond donors (Lipinski definition) is 1. The number of sulfonamides is 1. The number of carbonyl (C=O) groups excluding carboxylic acids is 2. The molecule has 0 bridgehead atoms. The quantitative estimate of drug-likeness (QED) is 0.340. The average Bonchev–Trinajstić information content (AvgIpc) is 2.82. The molecule has 198 valence electrons. The van der Waals surface area contributed by atoms with Crippen molar-refractivity contribution in [1.82, 2.24) is 10.2 Å². The summed E-state index contributed by atoms with van der Waals surface area (Å²) in [6.07, 6.45) is 2.63. The lowest BCUT2D eigenvalue weighted by Crippen LogP contribution is -2.49. The second kappa shape index (κ2) is 14.1. The summed E-state index contributed by atoms with van der Waals surface area (Å²) in [5.41, 5.74) is 1.20. The highest BCUT2D eigenvalue weighted by Gasteiger charge is 2.28. The van der Waals surface area contributed by atoms with E-state index in [4.69, 9.17) is 34.8 Å². The zero-order valence-electron chi connectivity index (χ0n) is 20.6. The highest BCUT2D eigenvalue weighted by Crippen LogP contribution is 2.25. The van der Waals surface area contributed by atoms with Gasteiger partial charge in [-0.3, -0.25) is 13.9 Å². The molecule has 0 saturated carbocycles. The van der Waals surface area contributed by atoms with Crippen LogP contribution in [0.4, 0.5) is 5.69 Å². The van der Waals surface area contributed by atoms with Crippen molar-refractivity contribution < 1.29 is 18.0 Å². The number of anilines is 1. The summed E-state index contributed by atoms with van der Waals surface area (Å²) in [5, 5.41) is 4.12. The Labute approximate surface area is 228 Å². The van der Waals surface area contributed by atoms with Crippen molar-refractivity contribution >= 4 is 62.3 Å². The van der Waals surface area contributed by atoms with E-state index in [-0.39, 0.29) is 37.7 Å². The van der Waals surface area contributed by atoms with Crippen LogP contribution in [0.2, 0.25) is 15.1 Å². The van der Waals surface area contributed by atoms with Gasteiger partial charge in [-0.15, -0.1) is 0 Å². The molecule has 2 amide bonds. The highest BCUT2D eigenvalue weighted by atomic mass is 35.5. The molecule has 2 rings (SSSR count). The minimum atomic E-state index is -3.58. The summed E-state index contributed by atoms with van der Waals surface area (Å²) >= 11 is 18.1. The molecule has 36 heavy (non-hydrogen) atoms. The Kier molecular flexibility index (Phi) is 11.8. The van der Waals surface area contributed by atoms with Gasteiger partial charge in [-0.05, 0) is 61.2 Å². The maximum absolute atomic E-state index is 13.4. The highest BCUT2D eigenvalue weighted by molar-refractivity contribution is 7.92. The van der Waals surface area contributed by atoms with E-state index < -0.39 is 16.1 Å². The molecule has 0 radical (unpaired) electrons. The molecule has 0 saturated heterocycles. The van der Waals surface area contributed by atoms with Crippen molar-refractivity contribution in [2.75, 3.05) is 23.7 Å². The summed E-state index contributed by atoms with van der Waals surface area (Å²) in [4.78, 5) is 27.8. The first-order chi connectivity index (χ1) is 17.0. The van der Waals surface area contributed by atoms with Crippen LogP contribution in [0.1, 0.15) is 45.1 Å². The van der Waals surface area contributed by atoms with Gasteiger partial charge in [0.1, 0.15) is 6.04 Å². The molecule has 0 unspecified atom stereocenters. The summed E-state index contributed by atoms with van der Waals surface area (Å²) in [6, 6.07) is 10.9. The standard InChI is InChI=1S/C25H32Cl3N3O4S/c1-4-14-29-25(33)23(5-2)30(17-18-8-13-21(27)22(28)16-18)24(32)7-6-15-31(36(3,34)35)20-11-9-19(26)10-12-20/h8-13,16,23H,4-7,14-15,17H2,1-3H3,(H,29,33)/t23-/m0/s1. The van der Waals surface area contributed by atoms with Gasteiger partial charge in [-0.2, -0.15) is 0 Å². The van der Waals surface area contributed by atoms with E-state index in [1.165, 1.54) is 9.21 Å². The molecule has 0 aliphatic carbocycles. The number of nitrogens with one attached hydrogen (secondary N) is 1. The van der Waals surface area contributed by atoms with E-state index in [9.17, 15) is 18.0 Å². The monoisotopic (exact) mass is 575 g/mol. The molecular weight excluding hydrogens is 545 g/mol. The molecular formula is C25H32Cl3N3O4S. The summed E-state index contributed by atoms with van der Waals surface area (Å²) < 4.78 is 26.0. The van der Waals surface area contributed by atoms with Gasteiger partial charge in [0.05, 0.1) is 22.0 Å². The number of rotatable bonds is 13. The number of carbonyl (C=O) groups is 2. The Morgan fingerprint density at radius 1 is 1.00 bits per heavy atom. The normalized spacial score (nSPS) is 12.2. The third-order valence-corrected chi connectivity index (χ3v) is 7.72. The lowest BCUT2D eigenvalue weighted by atomic mass is 10.1. The van der Waals surface area contributed by atoms with Gasteiger partial charge >= 0.3 is 0 Å². The van der Waals surface area contributed by atoms with Crippen molar-refractivity contribution in [3.8, 4) is 0 Å². The van der Waals surface area contributed by atoms with Crippen LogP contribution in [-0.2, 0) is 26.2 Å². The number of hydrogen-bond acceptors (Lipinski definition) is 4. The smallest absolute Gasteiger partial charge is 0.242 e. The topological polar surface area (TPSA) is 86.8 Å². The first kappa shape index (κ1) is 30.2. The van der Waals surface area contributed by atoms with Crippen LogP contribution in [-0.4, -0.2) is 50.5 Å². The number of halogens is 3. The lowest BCUT2D eigenvalue weighted by Gasteiger charge is -2.31. The molecule has 0 aliphatic rings. The number of benzene rings is 2. The van der Waals surface area contributed by atoms with E-state index in [0.717, 1.165) is 18.2 Å². The molecule has 1 atom stereocenters. The summed E-state index contributed by atoms with van der Waals surface area (Å²) in [5.74, 6) is -0.490. The molecule has 7 nitrogen and oxygen atoms in total.